The Hall–Kier alpha value is -2.52. The molecule has 2 fully saturated rings. The van der Waals surface area contributed by atoms with Gasteiger partial charge in [0.05, 0.1) is 32.1 Å². The van der Waals surface area contributed by atoms with E-state index in [9.17, 15) is 0 Å². The summed E-state index contributed by atoms with van der Waals surface area (Å²) >= 11 is 12.1. The molecule has 4 N–H and O–H groups in total. The van der Waals surface area contributed by atoms with Crippen molar-refractivity contribution in [2.45, 2.75) is 83.0 Å². The molecule has 4 aromatic rings. The lowest BCUT2D eigenvalue weighted by Gasteiger charge is -2.36. The van der Waals surface area contributed by atoms with E-state index in [4.69, 9.17) is 23.2 Å². The van der Waals surface area contributed by atoms with Gasteiger partial charge in [0.25, 0.3) is 0 Å². The van der Waals surface area contributed by atoms with Gasteiger partial charge in [-0.3, -0.25) is 0 Å². The average Bonchev–Trinajstić information content (AvgIpc) is 3.52. The van der Waals surface area contributed by atoms with Gasteiger partial charge in [-0.25, -0.2) is 9.97 Å². The predicted octanol–water partition coefficient (Wildman–Crippen LogP) is 7.64. The highest BCUT2D eigenvalue weighted by molar-refractivity contribution is 6.42. The van der Waals surface area contributed by atoms with Gasteiger partial charge in [0.1, 0.15) is 0 Å². The fraction of sp³-hybridized carbons (Fsp3) is 0.548. The van der Waals surface area contributed by atoms with Gasteiger partial charge >= 0.3 is 0 Å². The molecule has 41 heavy (non-hydrogen) atoms. The van der Waals surface area contributed by atoms with Crippen molar-refractivity contribution in [2.75, 3.05) is 38.8 Å². The Bertz CT molecular complexity index is 1330. The first-order valence-electron chi connectivity index (χ1n) is 14.4. The quantitative estimate of drug-likeness (QED) is 0.182. The fourth-order valence-corrected chi connectivity index (χ4v) is 6.56. The smallest absolute Gasteiger partial charge is 0.201 e. The maximum Gasteiger partial charge on any atom is 0.201 e. The van der Waals surface area contributed by atoms with Crippen LogP contribution in [0.3, 0.4) is 0 Å². The summed E-state index contributed by atoms with van der Waals surface area (Å²) in [5.74, 6) is 1.70. The normalized spacial score (nSPS) is 22.8. The molecule has 0 bridgehead atoms. The number of rotatable bonds is 6. The number of aromatic amines is 2. The van der Waals surface area contributed by atoms with Crippen LogP contribution in [0.4, 0.5) is 11.9 Å². The van der Waals surface area contributed by atoms with Crippen molar-refractivity contribution in [1.82, 2.24) is 29.7 Å². The molecule has 0 radical (unpaired) electrons. The summed E-state index contributed by atoms with van der Waals surface area (Å²) in [5, 5.41) is 8.22. The zero-order valence-corrected chi connectivity index (χ0v) is 25.5. The third kappa shape index (κ3) is 7.66. The zero-order valence-electron chi connectivity index (χ0n) is 24.0. The minimum Gasteiger partial charge on any atom is -0.351 e. The molecule has 2 saturated carbocycles. The van der Waals surface area contributed by atoms with Crippen LogP contribution < -0.4 is 10.6 Å². The molecular weight excluding hydrogens is 555 g/mol. The Morgan fingerprint density at radius 1 is 0.683 bits per heavy atom. The van der Waals surface area contributed by atoms with Gasteiger partial charge in [0.2, 0.25) is 11.9 Å². The molecular formula is C31H46Cl2N8. The van der Waals surface area contributed by atoms with E-state index in [1.807, 2.05) is 24.3 Å². The van der Waals surface area contributed by atoms with Gasteiger partial charge in [-0.15, -0.1) is 0 Å². The Balaban J connectivity index is 0.000000185. The molecule has 0 amide bonds. The first kappa shape index (κ1) is 31.4. The van der Waals surface area contributed by atoms with E-state index in [0.29, 0.717) is 34.2 Å². The van der Waals surface area contributed by atoms with E-state index in [1.165, 1.54) is 51.4 Å². The summed E-state index contributed by atoms with van der Waals surface area (Å²) in [6.07, 6.45) is 10.1. The van der Waals surface area contributed by atoms with Crippen molar-refractivity contribution in [1.29, 1.82) is 0 Å². The number of imidazole rings is 2. The van der Waals surface area contributed by atoms with E-state index < -0.39 is 0 Å². The number of aromatic nitrogens is 4. The number of nitrogens with one attached hydrogen (secondary N) is 4. The van der Waals surface area contributed by atoms with E-state index in [2.05, 4.69) is 74.6 Å². The molecule has 2 aliphatic carbocycles. The number of halogens is 2. The summed E-state index contributed by atoms with van der Waals surface area (Å²) < 4.78 is 0. The minimum absolute atomic E-state index is 0. The zero-order chi connectivity index (χ0) is 28.2. The number of anilines is 2. The number of benzene rings is 2. The van der Waals surface area contributed by atoms with Crippen LogP contribution in [0.1, 0.15) is 58.8 Å². The van der Waals surface area contributed by atoms with Gasteiger partial charge in [-0.1, -0.05) is 68.4 Å². The highest BCUT2D eigenvalue weighted by Gasteiger charge is 2.28. The molecule has 224 valence electrons. The van der Waals surface area contributed by atoms with Crippen molar-refractivity contribution in [3.05, 3.63) is 46.4 Å². The van der Waals surface area contributed by atoms with E-state index in [-0.39, 0.29) is 7.43 Å². The summed E-state index contributed by atoms with van der Waals surface area (Å²) in [6.45, 7) is 0. The number of para-hydroxylation sites is 2. The van der Waals surface area contributed by atoms with Crippen molar-refractivity contribution in [2.24, 2.45) is 0 Å². The lowest BCUT2D eigenvalue weighted by molar-refractivity contribution is 0.211. The number of likely N-dealkylation sites (N-methyl/N-ethyl adjacent to an activating group) is 2. The minimum atomic E-state index is 0. The van der Waals surface area contributed by atoms with Crippen LogP contribution in [0.5, 0.6) is 0 Å². The van der Waals surface area contributed by atoms with Gasteiger partial charge in [0.15, 0.2) is 0 Å². The fourth-order valence-electron chi connectivity index (χ4n) is 6.24. The molecule has 2 aromatic heterocycles. The van der Waals surface area contributed by atoms with Crippen molar-refractivity contribution < 1.29 is 0 Å². The summed E-state index contributed by atoms with van der Waals surface area (Å²) in [6, 6.07) is 13.8. The maximum absolute atomic E-state index is 6.05. The van der Waals surface area contributed by atoms with Crippen LogP contribution >= 0.6 is 23.2 Å². The maximum atomic E-state index is 6.05. The Labute approximate surface area is 254 Å². The molecule has 8 nitrogen and oxygen atoms in total. The van der Waals surface area contributed by atoms with E-state index in [0.717, 1.165) is 34.0 Å². The van der Waals surface area contributed by atoms with Crippen LogP contribution in [0.15, 0.2) is 36.4 Å². The van der Waals surface area contributed by atoms with Gasteiger partial charge in [0, 0.05) is 24.2 Å². The molecule has 0 aliphatic heterocycles. The number of hydrogen-bond donors (Lipinski definition) is 4. The first-order chi connectivity index (χ1) is 19.3. The second-order valence-electron chi connectivity index (χ2n) is 11.6. The predicted molar refractivity (Wildman–Crippen MR) is 176 cm³/mol. The second kappa shape index (κ2) is 14.1. The third-order valence-corrected chi connectivity index (χ3v) is 9.07. The Kier molecular flexibility index (Phi) is 10.8. The van der Waals surface area contributed by atoms with E-state index >= 15 is 0 Å². The van der Waals surface area contributed by atoms with Crippen LogP contribution in [-0.4, -0.2) is 82.1 Å². The monoisotopic (exact) mass is 600 g/mol. The van der Waals surface area contributed by atoms with Crippen LogP contribution in [0.2, 0.25) is 10.0 Å². The van der Waals surface area contributed by atoms with Gasteiger partial charge < -0.3 is 30.4 Å². The number of hydrogen-bond acceptors (Lipinski definition) is 6. The highest BCUT2D eigenvalue weighted by Crippen LogP contribution is 2.29. The topological polar surface area (TPSA) is 87.9 Å². The molecule has 2 aromatic carbocycles. The van der Waals surface area contributed by atoms with Crippen LogP contribution in [0.25, 0.3) is 22.1 Å². The van der Waals surface area contributed by atoms with Gasteiger partial charge in [-0.05, 0) is 78.1 Å². The molecule has 2 aliphatic rings. The standard InChI is InChI=1S/C15H20Cl2N4.C15H22N4.CH4/c1-21(2)14-6-4-3-5-11(14)18-15-19-12-7-9(16)10(17)8-13(12)20-15;1-19(2)14-10-6-5-9-13(14)18-15-16-11-7-3-4-8-12(11)17-15;/h7-8,11,14H,3-6H2,1-2H3,(H2,18,19,20);3-4,7-8,13-14H,5-6,9-10H2,1-2H3,(H2,16,17,18);1H4/t11-,14-;13-,14-;/m11./s1. The van der Waals surface area contributed by atoms with Crippen LogP contribution in [-0.2, 0) is 0 Å². The molecule has 0 saturated heterocycles. The lowest BCUT2D eigenvalue weighted by Crippen LogP contribution is -2.45. The van der Waals surface area contributed by atoms with Crippen LogP contribution in [0, 0.1) is 0 Å². The lowest BCUT2D eigenvalue weighted by atomic mass is 9.90. The first-order valence-corrected chi connectivity index (χ1v) is 15.2. The molecule has 0 spiro atoms. The number of nitrogens with zero attached hydrogens (tertiary/aromatic N) is 4. The molecule has 6 rings (SSSR count). The SMILES string of the molecule is C.CN(C)[C@@H]1CCCC[C@H]1Nc1nc2cc(Cl)c(Cl)cc2[nH]1.CN(C)[C@@H]1CCCC[C@H]1Nc1nc2ccccc2[nH]1. The summed E-state index contributed by atoms with van der Waals surface area (Å²) in [7, 11) is 8.62. The van der Waals surface area contributed by atoms with Crippen molar-refractivity contribution in [3.8, 4) is 0 Å². The largest absolute Gasteiger partial charge is 0.351 e. The summed E-state index contributed by atoms with van der Waals surface area (Å²) in [4.78, 5) is 20.5. The Morgan fingerprint density at radius 3 is 1.73 bits per heavy atom. The van der Waals surface area contributed by atoms with E-state index in [1.54, 1.807) is 6.07 Å². The Morgan fingerprint density at radius 2 is 1.17 bits per heavy atom. The second-order valence-corrected chi connectivity index (χ2v) is 12.4. The number of H-pyrrole nitrogens is 2. The molecule has 4 atom stereocenters. The third-order valence-electron chi connectivity index (χ3n) is 8.34. The molecule has 10 heteroatoms. The average molecular weight is 602 g/mol. The highest BCUT2D eigenvalue weighted by atomic mass is 35.5. The summed E-state index contributed by atoms with van der Waals surface area (Å²) in [5.41, 5.74) is 3.87. The van der Waals surface area contributed by atoms with Gasteiger partial charge in [-0.2, -0.15) is 0 Å². The number of fused-ring (bicyclic) bond motifs is 2. The molecule has 2 heterocycles. The molecule has 0 unspecified atom stereocenters. The van der Waals surface area contributed by atoms with Crippen molar-refractivity contribution >= 4 is 57.2 Å². The van der Waals surface area contributed by atoms with Crippen molar-refractivity contribution in [3.63, 3.8) is 0 Å².